The van der Waals surface area contributed by atoms with Crippen molar-refractivity contribution < 1.29 is 0 Å². The molecule has 3 heteroatoms. The van der Waals surface area contributed by atoms with Crippen molar-refractivity contribution in [2.45, 2.75) is 19.3 Å². The molecule has 9 aromatic carbocycles. The maximum Gasteiger partial charge on any atom is 0.164 e. The normalized spacial score (nSPS) is 12.4. The number of benzene rings is 9. The van der Waals surface area contributed by atoms with Crippen molar-refractivity contribution in [1.29, 1.82) is 0 Å². The molecule has 0 saturated carbocycles. The number of hydrogen-bond donors (Lipinski definition) is 0. The minimum absolute atomic E-state index is 0.0700. The van der Waals surface area contributed by atoms with Gasteiger partial charge in [0.25, 0.3) is 0 Å². The van der Waals surface area contributed by atoms with Gasteiger partial charge in [0.2, 0.25) is 0 Å². The van der Waals surface area contributed by atoms with Gasteiger partial charge in [-0.2, -0.15) is 0 Å². The molecular weight excluding hydrogens is 763 g/mol. The Morgan fingerprint density at radius 1 is 0.254 bits per heavy atom. The molecule has 3 nitrogen and oxygen atoms in total. The summed E-state index contributed by atoms with van der Waals surface area (Å²) in [6, 6.07) is 80.2. The first-order valence-corrected chi connectivity index (χ1v) is 21.6. The summed E-state index contributed by atoms with van der Waals surface area (Å²) in [5.74, 6) is 1.92. The van der Waals surface area contributed by atoms with Crippen LogP contribution in [0.5, 0.6) is 0 Å². The summed E-state index contributed by atoms with van der Waals surface area (Å²) in [6.07, 6.45) is 0. The fourth-order valence-corrected chi connectivity index (χ4v) is 9.34. The third-order valence-corrected chi connectivity index (χ3v) is 12.5. The second-order valence-electron chi connectivity index (χ2n) is 16.8. The summed E-state index contributed by atoms with van der Waals surface area (Å²) in [5.41, 5.74) is 19.8. The quantitative estimate of drug-likeness (QED) is 0.154. The molecule has 1 aliphatic carbocycles. The fourth-order valence-electron chi connectivity index (χ4n) is 9.34. The van der Waals surface area contributed by atoms with Crippen LogP contribution in [0.25, 0.3) is 101 Å². The predicted octanol–water partition coefficient (Wildman–Crippen LogP) is 15.5. The molecule has 0 aliphatic heterocycles. The molecule has 0 bridgehead atoms. The Hall–Kier alpha value is -8.01. The Bertz CT molecular complexity index is 3230. The van der Waals surface area contributed by atoms with Crippen LogP contribution in [0, 0.1) is 0 Å². The highest BCUT2D eigenvalue weighted by atomic mass is 15.0. The van der Waals surface area contributed by atoms with Crippen LogP contribution in [0.3, 0.4) is 0 Å². The van der Waals surface area contributed by atoms with Crippen LogP contribution in [0.15, 0.2) is 224 Å². The van der Waals surface area contributed by atoms with Crippen molar-refractivity contribution in [2.75, 3.05) is 0 Å². The number of hydrogen-bond acceptors (Lipinski definition) is 3. The number of nitrogens with zero attached hydrogens (tertiary/aromatic N) is 3. The molecule has 63 heavy (non-hydrogen) atoms. The van der Waals surface area contributed by atoms with Gasteiger partial charge in [-0.3, -0.25) is 0 Å². The second-order valence-corrected chi connectivity index (χ2v) is 16.8. The van der Waals surface area contributed by atoms with Gasteiger partial charge in [-0.25, -0.2) is 15.0 Å². The molecule has 0 spiro atoms. The van der Waals surface area contributed by atoms with E-state index in [0.29, 0.717) is 17.5 Å². The summed E-state index contributed by atoms with van der Waals surface area (Å²) in [4.78, 5) is 15.0. The molecule has 0 amide bonds. The average Bonchev–Trinajstić information content (AvgIpc) is 3.59. The third kappa shape index (κ3) is 7.04. The van der Waals surface area contributed by atoms with E-state index in [1.54, 1.807) is 0 Å². The molecule has 1 aromatic heterocycles. The molecule has 298 valence electrons. The molecule has 1 heterocycles. The second kappa shape index (κ2) is 15.8. The highest BCUT2D eigenvalue weighted by Gasteiger charge is 2.35. The van der Waals surface area contributed by atoms with Gasteiger partial charge in [-0.1, -0.05) is 208 Å². The van der Waals surface area contributed by atoms with Crippen molar-refractivity contribution >= 4 is 0 Å². The predicted molar refractivity (Wildman–Crippen MR) is 261 cm³/mol. The zero-order chi connectivity index (χ0) is 42.3. The van der Waals surface area contributed by atoms with Gasteiger partial charge in [0, 0.05) is 22.1 Å². The lowest BCUT2D eigenvalue weighted by Crippen LogP contribution is -2.14. The average molecular weight is 806 g/mol. The van der Waals surface area contributed by atoms with E-state index >= 15 is 0 Å². The van der Waals surface area contributed by atoms with Crippen molar-refractivity contribution in [3.63, 3.8) is 0 Å². The molecule has 10 aromatic rings. The number of fused-ring (bicyclic) bond motifs is 3. The van der Waals surface area contributed by atoms with Gasteiger partial charge in [0.1, 0.15) is 0 Å². The van der Waals surface area contributed by atoms with Crippen LogP contribution < -0.4 is 0 Å². The van der Waals surface area contributed by atoms with Crippen LogP contribution in [-0.4, -0.2) is 15.0 Å². The zero-order valence-electron chi connectivity index (χ0n) is 35.2. The Morgan fingerprint density at radius 3 is 1.24 bits per heavy atom. The summed E-state index contributed by atoms with van der Waals surface area (Å²) in [5, 5.41) is 0. The highest BCUT2D eigenvalue weighted by Crippen LogP contribution is 2.51. The van der Waals surface area contributed by atoms with Crippen LogP contribution in [0.2, 0.25) is 0 Å². The summed E-state index contributed by atoms with van der Waals surface area (Å²) >= 11 is 0. The van der Waals surface area contributed by atoms with Crippen molar-refractivity contribution in [3.8, 4) is 101 Å². The Morgan fingerprint density at radius 2 is 0.651 bits per heavy atom. The Kier molecular flexibility index (Phi) is 9.51. The van der Waals surface area contributed by atoms with E-state index < -0.39 is 0 Å². The van der Waals surface area contributed by atoms with Crippen molar-refractivity contribution in [1.82, 2.24) is 15.0 Å². The first kappa shape index (κ1) is 38.0. The van der Waals surface area contributed by atoms with Gasteiger partial charge >= 0.3 is 0 Å². The lowest BCUT2D eigenvalue weighted by atomic mass is 9.81. The largest absolute Gasteiger partial charge is 0.208 e. The lowest BCUT2D eigenvalue weighted by Gasteiger charge is -2.22. The standard InChI is InChI=1S/C60H43N3/c1-60(2)54-32-16-15-31-50(54)53-37-47(33-34-55(53)60)52-39-49(40-19-7-3-8-20-40)38-51(56(52)41-21-9-4-10-22-41)46-29-17-27-44(35-46)45-28-18-30-48(36-45)59-62-57(42-23-11-5-12-24-42)61-58(63-59)43-25-13-6-14-26-43/h3-39H,1-2H3. The fraction of sp³-hybridized carbons (Fsp3) is 0.0500. The maximum absolute atomic E-state index is 5.04. The van der Waals surface area contributed by atoms with E-state index in [-0.39, 0.29) is 5.41 Å². The van der Waals surface area contributed by atoms with Gasteiger partial charge in [0.05, 0.1) is 0 Å². The van der Waals surface area contributed by atoms with E-state index in [4.69, 9.17) is 15.0 Å². The lowest BCUT2D eigenvalue weighted by molar-refractivity contribution is 0.660. The van der Waals surface area contributed by atoms with Gasteiger partial charge in [0.15, 0.2) is 17.5 Å². The van der Waals surface area contributed by atoms with Crippen LogP contribution in [-0.2, 0) is 5.41 Å². The zero-order valence-corrected chi connectivity index (χ0v) is 35.2. The molecule has 1 aliphatic rings. The Labute approximate surface area is 369 Å². The van der Waals surface area contributed by atoms with E-state index in [2.05, 4.69) is 178 Å². The SMILES string of the molecule is CC1(C)c2ccccc2-c2cc(-c3cc(-c4ccccc4)cc(-c4cccc(-c5cccc(-c6nc(-c7ccccc7)nc(-c7ccccc7)n6)c5)c4)c3-c3ccccc3)ccc21. The smallest absolute Gasteiger partial charge is 0.164 e. The third-order valence-electron chi connectivity index (χ3n) is 12.5. The number of rotatable bonds is 8. The number of aromatic nitrogens is 3. The van der Waals surface area contributed by atoms with Crippen molar-refractivity contribution in [3.05, 3.63) is 236 Å². The molecule has 0 unspecified atom stereocenters. The molecule has 0 fully saturated rings. The first-order chi connectivity index (χ1) is 31.0. The monoisotopic (exact) mass is 805 g/mol. The van der Waals surface area contributed by atoms with Gasteiger partial charge in [-0.05, 0) is 108 Å². The maximum atomic E-state index is 5.04. The molecular formula is C60H43N3. The van der Waals surface area contributed by atoms with Crippen molar-refractivity contribution in [2.24, 2.45) is 0 Å². The van der Waals surface area contributed by atoms with Crippen LogP contribution in [0.1, 0.15) is 25.0 Å². The van der Waals surface area contributed by atoms with Gasteiger partial charge < -0.3 is 0 Å². The van der Waals surface area contributed by atoms with Crippen LogP contribution >= 0.6 is 0 Å². The molecule has 0 atom stereocenters. The van der Waals surface area contributed by atoms with Crippen LogP contribution in [0.4, 0.5) is 0 Å². The summed E-state index contributed by atoms with van der Waals surface area (Å²) in [7, 11) is 0. The molecule has 0 radical (unpaired) electrons. The Balaban J connectivity index is 1.08. The summed E-state index contributed by atoms with van der Waals surface area (Å²) in [6.45, 7) is 4.69. The highest BCUT2D eigenvalue weighted by molar-refractivity contribution is 5.99. The van der Waals surface area contributed by atoms with E-state index in [0.717, 1.165) is 33.4 Å². The molecule has 0 saturated heterocycles. The molecule has 0 N–H and O–H groups in total. The van der Waals surface area contributed by atoms with Gasteiger partial charge in [-0.15, -0.1) is 0 Å². The minimum Gasteiger partial charge on any atom is -0.208 e. The van der Waals surface area contributed by atoms with E-state index in [9.17, 15) is 0 Å². The molecule has 11 rings (SSSR count). The topological polar surface area (TPSA) is 38.7 Å². The minimum atomic E-state index is -0.0700. The first-order valence-electron chi connectivity index (χ1n) is 21.6. The van der Waals surface area contributed by atoms with E-state index in [1.807, 2.05) is 60.7 Å². The van der Waals surface area contributed by atoms with E-state index in [1.165, 1.54) is 61.2 Å². The summed E-state index contributed by atoms with van der Waals surface area (Å²) < 4.78 is 0.